The molecule has 1 N–H and O–H groups in total. The molecule has 0 aliphatic carbocycles. The molecule has 1 aliphatic heterocycles. The minimum Gasteiger partial charge on any atom is -0.413 e. The third kappa shape index (κ3) is 4.17. The molecule has 0 bridgehead atoms. The Balaban J connectivity index is 1.54. The lowest BCUT2D eigenvalue weighted by Crippen LogP contribution is -2.46. The zero-order valence-electron chi connectivity index (χ0n) is 15.5. The normalized spacial score (nSPS) is 14.4. The maximum atomic E-state index is 12.6. The van der Waals surface area contributed by atoms with Crippen LogP contribution in [0.25, 0.3) is 11.5 Å². The molecule has 150 valence electrons. The Bertz CT molecular complexity index is 979. The van der Waals surface area contributed by atoms with E-state index in [0.717, 1.165) is 30.0 Å². The molecule has 1 saturated heterocycles. The summed E-state index contributed by atoms with van der Waals surface area (Å²) in [5, 5.41) is 9.82. The zero-order chi connectivity index (χ0) is 20.4. The molecular formula is C21H19F3N4O. The number of nitrogens with one attached hydrogen (secondary N) is 1. The van der Waals surface area contributed by atoms with Gasteiger partial charge in [0.15, 0.2) is 0 Å². The summed E-state index contributed by atoms with van der Waals surface area (Å²) in [5.41, 5.74) is 3.50. The SMILES string of the molecule is C=C(C1CNC1)N(Cc1ccc(-c2nnc(C(F)(F)F)o2)cc1)c1ccccc1. The number of anilines is 1. The minimum absolute atomic E-state index is 0.159. The molecule has 3 aromatic rings. The van der Waals surface area contributed by atoms with Crippen molar-refractivity contribution in [3.63, 3.8) is 0 Å². The van der Waals surface area contributed by atoms with Crippen LogP contribution in [-0.4, -0.2) is 23.3 Å². The molecular weight excluding hydrogens is 381 g/mol. The molecule has 2 heterocycles. The van der Waals surface area contributed by atoms with E-state index in [1.807, 2.05) is 42.5 Å². The molecule has 0 amide bonds. The second-order valence-corrected chi connectivity index (χ2v) is 6.88. The number of halogens is 3. The van der Waals surface area contributed by atoms with Gasteiger partial charge in [-0.2, -0.15) is 13.2 Å². The second-order valence-electron chi connectivity index (χ2n) is 6.88. The number of aromatic nitrogens is 2. The van der Waals surface area contributed by atoms with Crippen LogP contribution in [-0.2, 0) is 12.7 Å². The molecule has 2 aromatic carbocycles. The van der Waals surface area contributed by atoms with Crippen molar-refractivity contribution in [2.75, 3.05) is 18.0 Å². The molecule has 29 heavy (non-hydrogen) atoms. The summed E-state index contributed by atoms with van der Waals surface area (Å²) in [4.78, 5) is 2.16. The fraction of sp³-hybridized carbons (Fsp3) is 0.238. The number of alkyl halides is 3. The highest BCUT2D eigenvalue weighted by Crippen LogP contribution is 2.31. The summed E-state index contributed by atoms with van der Waals surface area (Å²) in [5.74, 6) is -1.13. The summed E-state index contributed by atoms with van der Waals surface area (Å²) in [6.45, 7) is 6.69. The Labute approximate surface area is 165 Å². The van der Waals surface area contributed by atoms with Crippen LogP contribution in [0, 0.1) is 5.92 Å². The summed E-state index contributed by atoms with van der Waals surface area (Å²) >= 11 is 0. The van der Waals surface area contributed by atoms with Crippen molar-refractivity contribution in [3.8, 4) is 11.5 Å². The Morgan fingerprint density at radius 2 is 1.76 bits per heavy atom. The molecule has 1 aromatic heterocycles. The molecule has 1 aliphatic rings. The van der Waals surface area contributed by atoms with Gasteiger partial charge < -0.3 is 14.6 Å². The van der Waals surface area contributed by atoms with Gasteiger partial charge in [0.1, 0.15) is 0 Å². The van der Waals surface area contributed by atoms with Gasteiger partial charge in [0.25, 0.3) is 0 Å². The zero-order valence-corrected chi connectivity index (χ0v) is 15.5. The summed E-state index contributed by atoms with van der Waals surface area (Å²) < 4.78 is 42.7. The third-order valence-corrected chi connectivity index (χ3v) is 4.88. The van der Waals surface area contributed by atoms with Crippen molar-refractivity contribution in [1.29, 1.82) is 0 Å². The lowest BCUT2D eigenvalue weighted by Gasteiger charge is -2.37. The van der Waals surface area contributed by atoms with Crippen LogP contribution < -0.4 is 10.2 Å². The van der Waals surface area contributed by atoms with Crippen LogP contribution in [0.4, 0.5) is 18.9 Å². The topological polar surface area (TPSA) is 54.2 Å². The van der Waals surface area contributed by atoms with E-state index < -0.39 is 12.1 Å². The third-order valence-electron chi connectivity index (χ3n) is 4.88. The highest BCUT2D eigenvalue weighted by molar-refractivity contribution is 5.55. The quantitative estimate of drug-likeness (QED) is 0.661. The number of hydrogen-bond acceptors (Lipinski definition) is 5. The predicted molar refractivity (Wildman–Crippen MR) is 103 cm³/mol. The van der Waals surface area contributed by atoms with Crippen LogP contribution in [0.15, 0.2) is 71.3 Å². The molecule has 0 unspecified atom stereocenters. The maximum absolute atomic E-state index is 12.6. The average molecular weight is 400 g/mol. The van der Waals surface area contributed by atoms with Crippen LogP contribution in [0.3, 0.4) is 0 Å². The molecule has 0 spiro atoms. The summed E-state index contributed by atoms with van der Waals surface area (Å²) in [7, 11) is 0. The van der Waals surface area contributed by atoms with Gasteiger partial charge >= 0.3 is 12.1 Å². The number of rotatable bonds is 6. The monoisotopic (exact) mass is 400 g/mol. The highest BCUT2D eigenvalue weighted by atomic mass is 19.4. The van der Waals surface area contributed by atoms with Gasteiger partial charge in [-0.3, -0.25) is 0 Å². The van der Waals surface area contributed by atoms with E-state index in [-0.39, 0.29) is 5.89 Å². The summed E-state index contributed by atoms with van der Waals surface area (Å²) in [6, 6.07) is 17.0. The van der Waals surface area contributed by atoms with E-state index in [1.165, 1.54) is 0 Å². The van der Waals surface area contributed by atoms with Crippen molar-refractivity contribution in [2.24, 2.45) is 5.92 Å². The lowest BCUT2D eigenvalue weighted by atomic mass is 9.98. The van der Waals surface area contributed by atoms with Crippen molar-refractivity contribution in [3.05, 3.63) is 78.3 Å². The number of benzene rings is 2. The van der Waals surface area contributed by atoms with Crippen LogP contribution in [0.1, 0.15) is 11.5 Å². The number of nitrogens with zero attached hydrogens (tertiary/aromatic N) is 3. The Hall–Kier alpha value is -3.13. The van der Waals surface area contributed by atoms with Gasteiger partial charge in [-0.1, -0.05) is 36.9 Å². The second kappa shape index (κ2) is 7.71. The van der Waals surface area contributed by atoms with Crippen LogP contribution in [0.2, 0.25) is 0 Å². The first-order chi connectivity index (χ1) is 13.9. The van der Waals surface area contributed by atoms with E-state index in [0.29, 0.717) is 18.0 Å². The van der Waals surface area contributed by atoms with Crippen molar-refractivity contribution in [2.45, 2.75) is 12.7 Å². The van der Waals surface area contributed by atoms with E-state index in [9.17, 15) is 13.2 Å². The fourth-order valence-corrected chi connectivity index (χ4v) is 3.10. The van der Waals surface area contributed by atoms with Gasteiger partial charge in [0.2, 0.25) is 5.89 Å². The molecule has 0 radical (unpaired) electrons. The number of para-hydroxylation sites is 1. The molecule has 1 fully saturated rings. The Morgan fingerprint density at radius 1 is 1.07 bits per heavy atom. The van der Waals surface area contributed by atoms with Gasteiger partial charge in [0, 0.05) is 42.5 Å². The Kier molecular flexibility index (Phi) is 5.10. The first-order valence-corrected chi connectivity index (χ1v) is 9.14. The highest BCUT2D eigenvalue weighted by Gasteiger charge is 2.38. The standard InChI is InChI=1S/C21H19F3N4O/c1-14(17-11-25-12-17)28(18-5-3-2-4-6-18)13-15-7-9-16(10-8-15)19-26-27-20(29-19)21(22,23)24/h2-10,17,25H,1,11-13H2. The molecule has 0 saturated carbocycles. The fourth-order valence-electron chi connectivity index (χ4n) is 3.10. The number of hydrogen-bond donors (Lipinski definition) is 1. The molecule has 0 atom stereocenters. The van der Waals surface area contributed by atoms with Gasteiger partial charge in [0.05, 0.1) is 0 Å². The molecule has 4 rings (SSSR count). The molecule has 8 heteroatoms. The van der Waals surface area contributed by atoms with Gasteiger partial charge in [-0.25, -0.2) is 0 Å². The van der Waals surface area contributed by atoms with Crippen LogP contribution in [0.5, 0.6) is 0 Å². The van der Waals surface area contributed by atoms with E-state index >= 15 is 0 Å². The van der Waals surface area contributed by atoms with Gasteiger partial charge in [-0.15, -0.1) is 10.2 Å². The van der Waals surface area contributed by atoms with Crippen molar-refractivity contribution >= 4 is 5.69 Å². The van der Waals surface area contributed by atoms with Crippen LogP contribution >= 0.6 is 0 Å². The predicted octanol–water partition coefficient (Wildman–Crippen LogP) is 4.50. The average Bonchev–Trinajstić information content (AvgIpc) is 3.16. The van der Waals surface area contributed by atoms with E-state index in [4.69, 9.17) is 4.42 Å². The van der Waals surface area contributed by atoms with Gasteiger partial charge in [-0.05, 0) is 29.8 Å². The van der Waals surface area contributed by atoms with E-state index in [1.54, 1.807) is 12.1 Å². The Morgan fingerprint density at radius 3 is 2.31 bits per heavy atom. The largest absolute Gasteiger partial charge is 0.470 e. The first-order valence-electron chi connectivity index (χ1n) is 9.14. The smallest absolute Gasteiger partial charge is 0.413 e. The van der Waals surface area contributed by atoms with Crippen molar-refractivity contribution < 1.29 is 17.6 Å². The van der Waals surface area contributed by atoms with Crippen molar-refractivity contribution in [1.82, 2.24) is 15.5 Å². The molecule has 5 nitrogen and oxygen atoms in total. The first kappa shape index (κ1) is 19.2. The van der Waals surface area contributed by atoms with E-state index in [2.05, 4.69) is 27.0 Å². The minimum atomic E-state index is -4.65. The summed E-state index contributed by atoms with van der Waals surface area (Å²) in [6.07, 6.45) is -4.65. The maximum Gasteiger partial charge on any atom is 0.470 e. The lowest BCUT2D eigenvalue weighted by molar-refractivity contribution is -0.156.